The van der Waals surface area contributed by atoms with E-state index < -0.39 is 0 Å². The summed E-state index contributed by atoms with van der Waals surface area (Å²) in [6.45, 7) is 1.13. The molecule has 0 amide bonds. The lowest BCUT2D eigenvalue weighted by atomic mass is 10.1. The molecule has 0 spiro atoms. The van der Waals surface area contributed by atoms with E-state index in [2.05, 4.69) is 17.0 Å². The smallest absolute Gasteiger partial charge is 0.159 e. The third-order valence-corrected chi connectivity index (χ3v) is 2.66. The molecule has 1 saturated heterocycles. The fourth-order valence-electron chi connectivity index (χ4n) is 1.81. The maximum atomic E-state index is 5.83. The second-order valence-corrected chi connectivity index (χ2v) is 3.90. The first-order valence-corrected chi connectivity index (χ1v) is 5.11. The van der Waals surface area contributed by atoms with Crippen LogP contribution in [0.4, 0.5) is 0 Å². The summed E-state index contributed by atoms with van der Waals surface area (Å²) in [6.07, 6.45) is 7.56. The monoisotopic (exact) mass is 195 g/mol. The molecule has 0 N–H and O–H groups in total. The van der Waals surface area contributed by atoms with Crippen LogP contribution < -0.4 is 4.74 Å². The van der Waals surface area contributed by atoms with Crippen molar-refractivity contribution in [1.82, 2.24) is 14.7 Å². The van der Waals surface area contributed by atoms with Crippen molar-refractivity contribution in [2.24, 2.45) is 7.05 Å². The van der Waals surface area contributed by atoms with Crippen molar-refractivity contribution >= 4 is 0 Å². The molecular weight excluding hydrogens is 178 g/mol. The first-order chi connectivity index (χ1) is 6.75. The van der Waals surface area contributed by atoms with Gasteiger partial charge in [0, 0.05) is 13.6 Å². The second kappa shape index (κ2) is 4.00. The van der Waals surface area contributed by atoms with Crippen LogP contribution >= 0.6 is 0 Å². The van der Waals surface area contributed by atoms with E-state index in [1.807, 2.05) is 13.2 Å². The van der Waals surface area contributed by atoms with E-state index in [1.54, 1.807) is 10.9 Å². The minimum atomic E-state index is 0.230. The number of piperidine rings is 1. The zero-order valence-corrected chi connectivity index (χ0v) is 8.81. The van der Waals surface area contributed by atoms with E-state index in [1.165, 1.54) is 12.8 Å². The standard InChI is InChI=1S/C10H17N3O/c1-12-6-4-3-5-10(12)14-9-7-11-13(2)8-9/h7-8,10H,3-6H2,1-2H3. The Hall–Kier alpha value is -1.03. The Bertz CT molecular complexity index is 297. The van der Waals surface area contributed by atoms with Crippen molar-refractivity contribution in [2.45, 2.75) is 25.5 Å². The van der Waals surface area contributed by atoms with Gasteiger partial charge >= 0.3 is 0 Å². The van der Waals surface area contributed by atoms with Crippen LogP contribution in [0.25, 0.3) is 0 Å². The molecule has 0 saturated carbocycles. The van der Waals surface area contributed by atoms with Crippen molar-refractivity contribution < 1.29 is 4.74 Å². The summed E-state index contributed by atoms with van der Waals surface area (Å²) in [6, 6.07) is 0. The molecule has 0 aliphatic carbocycles. The minimum Gasteiger partial charge on any atom is -0.472 e. The van der Waals surface area contributed by atoms with Crippen molar-refractivity contribution in [3.8, 4) is 5.75 Å². The number of aryl methyl sites for hydroxylation is 1. The van der Waals surface area contributed by atoms with Crippen molar-refractivity contribution in [1.29, 1.82) is 0 Å². The zero-order valence-electron chi connectivity index (χ0n) is 8.81. The lowest BCUT2D eigenvalue weighted by Gasteiger charge is -2.31. The molecule has 0 bridgehead atoms. The Balaban J connectivity index is 1.95. The maximum absolute atomic E-state index is 5.83. The zero-order chi connectivity index (χ0) is 9.97. The Kier molecular flexibility index (Phi) is 2.72. The van der Waals surface area contributed by atoms with E-state index >= 15 is 0 Å². The van der Waals surface area contributed by atoms with Gasteiger partial charge in [0.2, 0.25) is 0 Å². The molecular formula is C10H17N3O. The van der Waals surface area contributed by atoms with Gasteiger partial charge in [-0.15, -0.1) is 0 Å². The van der Waals surface area contributed by atoms with Gasteiger partial charge in [-0.1, -0.05) is 0 Å². The molecule has 4 heteroatoms. The number of hydrogen-bond acceptors (Lipinski definition) is 3. The van der Waals surface area contributed by atoms with Gasteiger partial charge in [0.05, 0.1) is 12.4 Å². The van der Waals surface area contributed by atoms with E-state index in [0.717, 1.165) is 18.7 Å². The van der Waals surface area contributed by atoms with Crippen LogP contribution in [0.1, 0.15) is 19.3 Å². The van der Waals surface area contributed by atoms with E-state index in [-0.39, 0.29) is 6.23 Å². The van der Waals surface area contributed by atoms with Gasteiger partial charge in [0.15, 0.2) is 12.0 Å². The summed E-state index contributed by atoms with van der Waals surface area (Å²) in [5, 5.41) is 4.08. The lowest BCUT2D eigenvalue weighted by Crippen LogP contribution is -2.40. The fourth-order valence-corrected chi connectivity index (χ4v) is 1.81. The molecule has 78 valence electrons. The summed E-state index contributed by atoms with van der Waals surface area (Å²) < 4.78 is 7.59. The van der Waals surface area contributed by atoms with Gasteiger partial charge in [0.1, 0.15) is 0 Å². The highest BCUT2D eigenvalue weighted by atomic mass is 16.5. The topological polar surface area (TPSA) is 30.3 Å². The predicted octanol–water partition coefficient (Wildman–Crippen LogP) is 1.24. The van der Waals surface area contributed by atoms with E-state index in [0.29, 0.717) is 0 Å². The quantitative estimate of drug-likeness (QED) is 0.711. The number of ether oxygens (including phenoxy) is 1. The van der Waals surface area contributed by atoms with Crippen molar-refractivity contribution in [2.75, 3.05) is 13.6 Å². The van der Waals surface area contributed by atoms with Crippen molar-refractivity contribution in [3.63, 3.8) is 0 Å². The van der Waals surface area contributed by atoms with Crippen LogP contribution in [0.3, 0.4) is 0 Å². The molecule has 0 aromatic carbocycles. The Morgan fingerprint density at radius 1 is 1.43 bits per heavy atom. The van der Waals surface area contributed by atoms with E-state index in [4.69, 9.17) is 4.74 Å². The average Bonchev–Trinajstić information content (AvgIpc) is 2.56. The molecule has 2 heterocycles. The number of nitrogens with zero attached hydrogens (tertiary/aromatic N) is 3. The molecule has 14 heavy (non-hydrogen) atoms. The lowest BCUT2D eigenvalue weighted by molar-refractivity contribution is 0.0150. The number of rotatable bonds is 2. The van der Waals surface area contributed by atoms with Crippen LogP contribution in [0.2, 0.25) is 0 Å². The third kappa shape index (κ3) is 2.07. The second-order valence-electron chi connectivity index (χ2n) is 3.90. The predicted molar refractivity (Wildman–Crippen MR) is 54.1 cm³/mol. The van der Waals surface area contributed by atoms with Gasteiger partial charge in [-0.25, -0.2) is 0 Å². The molecule has 1 aliphatic heterocycles. The SMILES string of the molecule is CN1CCCCC1Oc1cnn(C)c1. The molecule has 1 fully saturated rings. The average molecular weight is 195 g/mol. The molecule has 0 radical (unpaired) electrons. The molecule has 2 rings (SSSR count). The number of hydrogen-bond donors (Lipinski definition) is 0. The van der Waals surface area contributed by atoms with Gasteiger partial charge in [-0.3, -0.25) is 9.58 Å². The number of aromatic nitrogens is 2. The first kappa shape index (κ1) is 9.52. The fraction of sp³-hybridized carbons (Fsp3) is 0.700. The largest absolute Gasteiger partial charge is 0.472 e. The van der Waals surface area contributed by atoms with Crippen LogP contribution in [0, 0.1) is 0 Å². The number of likely N-dealkylation sites (tertiary alicyclic amines) is 1. The summed E-state index contributed by atoms with van der Waals surface area (Å²) in [4.78, 5) is 2.26. The Labute approximate surface area is 84.5 Å². The molecule has 1 aromatic heterocycles. The molecule has 1 unspecified atom stereocenters. The highest BCUT2D eigenvalue weighted by molar-refractivity contribution is 5.11. The molecule has 1 aromatic rings. The molecule has 1 aliphatic rings. The highest BCUT2D eigenvalue weighted by Gasteiger charge is 2.20. The highest BCUT2D eigenvalue weighted by Crippen LogP contribution is 2.19. The minimum absolute atomic E-state index is 0.230. The van der Waals surface area contributed by atoms with Gasteiger partial charge in [-0.2, -0.15) is 5.10 Å². The summed E-state index contributed by atoms with van der Waals surface area (Å²) in [5.74, 6) is 0.867. The summed E-state index contributed by atoms with van der Waals surface area (Å²) >= 11 is 0. The third-order valence-electron chi connectivity index (χ3n) is 2.66. The van der Waals surface area contributed by atoms with Gasteiger partial charge < -0.3 is 4.74 Å². The maximum Gasteiger partial charge on any atom is 0.159 e. The van der Waals surface area contributed by atoms with Crippen LogP contribution in [0.5, 0.6) is 5.75 Å². The molecule has 1 atom stereocenters. The Morgan fingerprint density at radius 2 is 2.29 bits per heavy atom. The van der Waals surface area contributed by atoms with Crippen LogP contribution in [-0.4, -0.2) is 34.5 Å². The van der Waals surface area contributed by atoms with Crippen LogP contribution in [-0.2, 0) is 7.05 Å². The normalized spacial score (nSPS) is 23.7. The summed E-state index contributed by atoms with van der Waals surface area (Å²) in [5.41, 5.74) is 0. The summed E-state index contributed by atoms with van der Waals surface area (Å²) in [7, 11) is 4.01. The van der Waals surface area contributed by atoms with Gasteiger partial charge in [0.25, 0.3) is 0 Å². The molecule has 4 nitrogen and oxygen atoms in total. The van der Waals surface area contributed by atoms with Crippen LogP contribution in [0.15, 0.2) is 12.4 Å². The van der Waals surface area contributed by atoms with E-state index in [9.17, 15) is 0 Å². The van der Waals surface area contributed by atoms with Gasteiger partial charge in [-0.05, 0) is 26.3 Å². The van der Waals surface area contributed by atoms with Crippen molar-refractivity contribution in [3.05, 3.63) is 12.4 Å². The first-order valence-electron chi connectivity index (χ1n) is 5.11. The Morgan fingerprint density at radius 3 is 2.93 bits per heavy atom.